The van der Waals surface area contributed by atoms with Crippen molar-refractivity contribution in [2.24, 2.45) is 13.0 Å². The fourth-order valence-corrected chi connectivity index (χ4v) is 5.54. The van der Waals surface area contributed by atoms with E-state index in [-0.39, 0.29) is 30.4 Å². The van der Waals surface area contributed by atoms with E-state index in [1.54, 1.807) is 36.2 Å². The first-order valence-electron chi connectivity index (χ1n) is 15.2. The van der Waals surface area contributed by atoms with Gasteiger partial charge < -0.3 is 24.8 Å². The van der Waals surface area contributed by atoms with E-state index in [0.717, 1.165) is 22.8 Å². The lowest BCUT2D eigenvalue weighted by atomic mass is 9.98. The lowest BCUT2D eigenvalue weighted by Crippen LogP contribution is -2.49. The van der Waals surface area contributed by atoms with Gasteiger partial charge in [-0.25, -0.2) is 0 Å². The molecule has 0 fully saturated rings. The number of para-hydroxylation sites is 2. The SMILES string of the molecule is Cc1cc(C(=O)Nc2cccc3c2O[C@@H](CN(C)Cc2ccc(Oc4ccccc4)cc2)[C@@H](C)CN([C@@H](C)CO)C3=O)n(C)n1. The number of rotatable bonds is 10. The van der Waals surface area contributed by atoms with Crippen molar-refractivity contribution in [3.8, 4) is 17.2 Å². The number of aromatic nitrogens is 2. The number of nitrogens with one attached hydrogen (secondary N) is 1. The van der Waals surface area contributed by atoms with E-state index in [0.29, 0.717) is 42.3 Å². The minimum Gasteiger partial charge on any atom is -0.486 e. The van der Waals surface area contributed by atoms with E-state index >= 15 is 0 Å². The van der Waals surface area contributed by atoms with E-state index in [9.17, 15) is 14.7 Å². The quantitative estimate of drug-likeness (QED) is 0.256. The third-order valence-electron chi connectivity index (χ3n) is 8.02. The molecule has 10 nitrogen and oxygen atoms in total. The second-order valence-electron chi connectivity index (χ2n) is 11.8. The highest BCUT2D eigenvalue weighted by Gasteiger charge is 2.34. The lowest BCUT2D eigenvalue weighted by Gasteiger charge is -2.38. The highest BCUT2D eigenvalue weighted by atomic mass is 16.5. The third kappa shape index (κ3) is 7.53. The maximum absolute atomic E-state index is 13.8. The van der Waals surface area contributed by atoms with Gasteiger partial charge in [0.05, 0.1) is 29.6 Å². The van der Waals surface area contributed by atoms with Gasteiger partial charge >= 0.3 is 0 Å². The number of likely N-dealkylation sites (N-methyl/N-ethyl adjacent to an activating group) is 1. The number of anilines is 1. The van der Waals surface area contributed by atoms with E-state index in [4.69, 9.17) is 9.47 Å². The summed E-state index contributed by atoms with van der Waals surface area (Å²) in [5.41, 5.74) is 2.96. The van der Waals surface area contributed by atoms with Crippen molar-refractivity contribution >= 4 is 17.5 Å². The summed E-state index contributed by atoms with van der Waals surface area (Å²) in [5, 5.41) is 17.2. The molecule has 0 radical (unpaired) electrons. The number of nitrogens with zero attached hydrogens (tertiary/aromatic N) is 4. The van der Waals surface area contributed by atoms with Crippen LogP contribution in [0.15, 0.2) is 78.9 Å². The van der Waals surface area contributed by atoms with Crippen molar-refractivity contribution in [2.75, 3.05) is 32.1 Å². The first-order valence-corrected chi connectivity index (χ1v) is 15.2. The Labute approximate surface area is 264 Å². The largest absolute Gasteiger partial charge is 0.486 e. The summed E-state index contributed by atoms with van der Waals surface area (Å²) in [7, 11) is 3.74. The Morgan fingerprint density at radius 2 is 1.82 bits per heavy atom. The summed E-state index contributed by atoms with van der Waals surface area (Å²) in [6, 6.07) is 24.2. The summed E-state index contributed by atoms with van der Waals surface area (Å²) >= 11 is 0. The first kappa shape index (κ1) is 31.7. The summed E-state index contributed by atoms with van der Waals surface area (Å²) < 4.78 is 14.1. The number of amides is 2. The minimum absolute atomic E-state index is 0.0799. The van der Waals surface area contributed by atoms with Gasteiger partial charge in [0.2, 0.25) is 0 Å². The van der Waals surface area contributed by atoms with Gasteiger partial charge in [-0.1, -0.05) is 43.3 Å². The molecule has 0 spiro atoms. The van der Waals surface area contributed by atoms with Crippen molar-refractivity contribution in [3.63, 3.8) is 0 Å². The minimum atomic E-state index is -0.392. The fourth-order valence-electron chi connectivity index (χ4n) is 5.54. The van der Waals surface area contributed by atoms with Gasteiger partial charge in [0.25, 0.3) is 11.8 Å². The van der Waals surface area contributed by atoms with Gasteiger partial charge in [-0.15, -0.1) is 0 Å². The van der Waals surface area contributed by atoms with Crippen LogP contribution in [0.1, 0.15) is 46.0 Å². The Bertz CT molecular complexity index is 1620. The number of fused-ring (bicyclic) bond motifs is 1. The molecule has 4 aromatic rings. The predicted molar refractivity (Wildman–Crippen MR) is 173 cm³/mol. The highest BCUT2D eigenvalue weighted by molar-refractivity contribution is 6.06. The Morgan fingerprint density at radius 1 is 1.11 bits per heavy atom. The zero-order valence-corrected chi connectivity index (χ0v) is 26.4. The summed E-state index contributed by atoms with van der Waals surface area (Å²) in [4.78, 5) is 30.9. The summed E-state index contributed by atoms with van der Waals surface area (Å²) in [6.45, 7) is 7.16. The first-order chi connectivity index (χ1) is 21.6. The van der Waals surface area contributed by atoms with Crippen LogP contribution in [0.3, 0.4) is 0 Å². The highest BCUT2D eigenvalue weighted by Crippen LogP contribution is 2.35. The number of carbonyl (C=O) groups is 2. The molecule has 236 valence electrons. The standard InChI is InChI=1S/C35H41N5O5/c1-23-19-40(25(3)22-41)35(43)29-12-9-13-30(36-34(42)31-18-24(2)37-39(31)5)33(29)45-32(23)21-38(4)20-26-14-16-28(17-15-26)44-27-10-7-6-8-11-27/h6-18,23,25,32,41H,19-22H2,1-5H3,(H,36,42)/t23-,25-,32-/m0/s1. The second kappa shape index (κ2) is 14.0. The third-order valence-corrected chi connectivity index (χ3v) is 8.02. The van der Waals surface area contributed by atoms with Crippen LogP contribution in [0.5, 0.6) is 17.2 Å². The van der Waals surface area contributed by atoms with Crippen LogP contribution in [0.25, 0.3) is 0 Å². The maximum Gasteiger partial charge on any atom is 0.274 e. The van der Waals surface area contributed by atoms with Gasteiger partial charge in [0.15, 0.2) is 5.75 Å². The maximum atomic E-state index is 13.8. The molecule has 0 unspecified atom stereocenters. The molecule has 5 rings (SSSR count). The molecule has 3 aromatic carbocycles. The van der Waals surface area contributed by atoms with Gasteiger partial charge in [-0.2, -0.15) is 5.10 Å². The molecule has 2 heterocycles. The van der Waals surface area contributed by atoms with Crippen LogP contribution in [0.4, 0.5) is 5.69 Å². The Hall–Kier alpha value is -4.67. The summed E-state index contributed by atoms with van der Waals surface area (Å²) in [5.74, 6) is 1.18. The average Bonchev–Trinajstić information content (AvgIpc) is 3.37. The van der Waals surface area contributed by atoms with Crippen molar-refractivity contribution in [3.05, 3.63) is 101 Å². The van der Waals surface area contributed by atoms with Crippen LogP contribution >= 0.6 is 0 Å². The number of aliphatic hydroxyl groups excluding tert-OH is 1. The van der Waals surface area contributed by atoms with Gasteiger partial charge in [-0.3, -0.25) is 19.2 Å². The van der Waals surface area contributed by atoms with Crippen LogP contribution < -0.4 is 14.8 Å². The van der Waals surface area contributed by atoms with Crippen LogP contribution in [-0.4, -0.2) is 75.4 Å². The van der Waals surface area contributed by atoms with E-state index < -0.39 is 6.04 Å². The van der Waals surface area contributed by atoms with Crippen LogP contribution in [0, 0.1) is 12.8 Å². The zero-order chi connectivity index (χ0) is 32.1. The fraction of sp³-hybridized carbons (Fsp3) is 0.343. The zero-order valence-electron chi connectivity index (χ0n) is 26.4. The number of aryl methyl sites for hydroxylation is 2. The lowest BCUT2D eigenvalue weighted by molar-refractivity contribution is 0.0343. The van der Waals surface area contributed by atoms with Gasteiger partial charge in [-0.05, 0) is 68.9 Å². The summed E-state index contributed by atoms with van der Waals surface area (Å²) in [6.07, 6.45) is -0.326. The van der Waals surface area contributed by atoms with E-state index in [1.807, 2.05) is 82.4 Å². The molecule has 0 aliphatic carbocycles. The molecule has 2 N–H and O–H groups in total. The monoisotopic (exact) mass is 611 g/mol. The van der Waals surface area contributed by atoms with E-state index in [1.165, 1.54) is 4.68 Å². The molecule has 45 heavy (non-hydrogen) atoms. The van der Waals surface area contributed by atoms with Crippen molar-refractivity contribution < 1.29 is 24.2 Å². The van der Waals surface area contributed by atoms with E-state index in [2.05, 4.69) is 15.3 Å². The molecule has 0 bridgehead atoms. The molecule has 0 saturated carbocycles. The Morgan fingerprint density at radius 3 is 2.49 bits per heavy atom. The Balaban J connectivity index is 1.37. The normalized spacial score (nSPS) is 17.2. The Kier molecular flexibility index (Phi) is 9.85. The van der Waals surface area contributed by atoms with Gasteiger partial charge in [0, 0.05) is 32.6 Å². The predicted octanol–water partition coefficient (Wildman–Crippen LogP) is 5.13. The molecule has 1 aliphatic heterocycles. The average molecular weight is 612 g/mol. The molecule has 10 heteroatoms. The van der Waals surface area contributed by atoms with Crippen molar-refractivity contribution in [2.45, 2.75) is 39.5 Å². The number of ether oxygens (including phenoxy) is 2. The van der Waals surface area contributed by atoms with Crippen LogP contribution in [0.2, 0.25) is 0 Å². The molecule has 1 aliphatic rings. The van der Waals surface area contributed by atoms with Crippen molar-refractivity contribution in [1.82, 2.24) is 19.6 Å². The second-order valence-corrected chi connectivity index (χ2v) is 11.8. The number of aliphatic hydroxyl groups is 1. The molecule has 1 aromatic heterocycles. The molecule has 0 saturated heterocycles. The number of hydrogen-bond acceptors (Lipinski definition) is 7. The number of hydrogen-bond donors (Lipinski definition) is 2. The molecule has 2 amide bonds. The molecular formula is C35H41N5O5. The van der Waals surface area contributed by atoms with Gasteiger partial charge in [0.1, 0.15) is 23.3 Å². The number of carbonyl (C=O) groups excluding carboxylic acids is 2. The number of benzene rings is 3. The topological polar surface area (TPSA) is 109 Å². The van der Waals surface area contributed by atoms with Crippen LogP contribution in [-0.2, 0) is 13.6 Å². The smallest absolute Gasteiger partial charge is 0.274 e. The molecule has 3 atom stereocenters. The van der Waals surface area contributed by atoms with Crippen molar-refractivity contribution in [1.29, 1.82) is 0 Å². The molecular weight excluding hydrogens is 570 g/mol.